The highest BCUT2D eigenvalue weighted by molar-refractivity contribution is 14.0. The van der Waals surface area contributed by atoms with E-state index in [-0.39, 0.29) is 36.3 Å². The summed E-state index contributed by atoms with van der Waals surface area (Å²) in [5.41, 5.74) is 1.43. The van der Waals surface area contributed by atoms with E-state index in [0.29, 0.717) is 28.2 Å². The highest BCUT2D eigenvalue weighted by Gasteiger charge is 2.28. The second kappa shape index (κ2) is 11.0. The Bertz CT molecular complexity index is 812. The van der Waals surface area contributed by atoms with Gasteiger partial charge in [-0.25, -0.2) is 0 Å². The van der Waals surface area contributed by atoms with Gasteiger partial charge in [0.15, 0.2) is 12.6 Å². The summed E-state index contributed by atoms with van der Waals surface area (Å²) in [4.78, 5) is 4.09. The summed E-state index contributed by atoms with van der Waals surface area (Å²) in [6, 6.07) is 8.26. The number of hydrogen-bond donors (Lipinski definition) is 2. The first-order valence-electron chi connectivity index (χ1n) is 7.93. The fourth-order valence-electron chi connectivity index (χ4n) is 2.28. The fraction of sp³-hybridized carbons (Fsp3) is 0.353. The first-order chi connectivity index (χ1) is 12.7. The third-order valence-corrected chi connectivity index (χ3v) is 4.53. The predicted molar refractivity (Wildman–Crippen MR) is 116 cm³/mol. The minimum atomic E-state index is -4.39. The molecule has 28 heavy (non-hydrogen) atoms. The van der Waals surface area contributed by atoms with Crippen LogP contribution in [0, 0.1) is 0 Å². The number of para-hydroxylation sites is 1. The molecule has 0 spiro atoms. The van der Waals surface area contributed by atoms with Crippen LogP contribution in [-0.4, -0.2) is 30.4 Å². The number of halogens is 6. The van der Waals surface area contributed by atoms with Gasteiger partial charge in [-0.15, -0.1) is 24.0 Å². The highest BCUT2D eigenvalue weighted by Crippen LogP contribution is 2.25. The average Bonchev–Trinajstić information content (AvgIpc) is 2.87. The number of nitrogens with one attached hydrogen (secondary N) is 2. The van der Waals surface area contributed by atoms with E-state index in [9.17, 15) is 13.2 Å². The molecule has 2 aromatic rings. The first kappa shape index (κ1) is 24.7. The molecule has 5 nitrogen and oxygen atoms in total. The van der Waals surface area contributed by atoms with Crippen LogP contribution in [0.25, 0.3) is 0 Å². The summed E-state index contributed by atoms with van der Waals surface area (Å²) in [6.07, 6.45) is -4.39. The number of nitrogens with zero attached hydrogens (tertiary/aromatic N) is 2. The number of guanidine groups is 1. The zero-order valence-electron chi connectivity index (χ0n) is 15.1. The van der Waals surface area contributed by atoms with Crippen LogP contribution in [0.4, 0.5) is 13.2 Å². The summed E-state index contributed by atoms with van der Waals surface area (Å²) < 4.78 is 43.7. The van der Waals surface area contributed by atoms with Crippen molar-refractivity contribution < 1.29 is 17.9 Å². The average molecular weight is 551 g/mol. The van der Waals surface area contributed by atoms with Gasteiger partial charge in [0.05, 0.1) is 11.6 Å². The molecule has 0 saturated heterocycles. The Labute approximate surface area is 188 Å². The SMILES string of the molecule is CN=C(NCc1ccccc1OCC(F)(F)F)NCc1cc(Cl)c(Cl)n1C.I. The van der Waals surface area contributed by atoms with Gasteiger partial charge in [-0.3, -0.25) is 4.99 Å². The van der Waals surface area contributed by atoms with E-state index < -0.39 is 12.8 Å². The van der Waals surface area contributed by atoms with E-state index in [1.54, 1.807) is 42.9 Å². The Balaban J connectivity index is 0.00000392. The van der Waals surface area contributed by atoms with E-state index in [1.165, 1.54) is 6.07 Å². The van der Waals surface area contributed by atoms with Crippen LogP contribution >= 0.6 is 47.2 Å². The summed E-state index contributed by atoms with van der Waals surface area (Å²) in [6.45, 7) is -0.691. The molecule has 1 heterocycles. The number of aliphatic imine (C=N–C) groups is 1. The van der Waals surface area contributed by atoms with Crippen molar-refractivity contribution in [3.05, 3.63) is 51.8 Å². The van der Waals surface area contributed by atoms with Crippen molar-refractivity contribution in [3.63, 3.8) is 0 Å². The molecule has 0 unspecified atom stereocenters. The lowest BCUT2D eigenvalue weighted by Crippen LogP contribution is -2.36. The van der Waals surface area contributed by atoms with Gasteiger partial charge in [-0.2, -0.15) is 13.2 Å². The molecular weight excluding hydrogens is 531 g/mol. The third kappa shape index (κ3) is 7.25. The molecule has 2 N–H and O–H groups in total. The van der Waals surface area contributed by atoms with Crippen LogP contribution in [0.5, 0.6) is 5.75 Å². The Morgan fingerprint density at radius 2 is 1.82 bits per heavy atom. The number of aromatic nitrogens is 1. The zero-order chi connectivity index (χ0) is 20.0. The van der Waals surface area contributed by atoms with E-state index in [0.717, 1.165) is 5.69 Å². The van der Waals surface area contributed by atoms with Gasteiger partial charge < -0.3 is 19.9 Å². The van der Waals surface area contributed by atoms with Crippen LogP contribution in [0.3, 0.4) is 0 Å². The zero-order valence-corrected chi connectivity index (χ0v) is 19.0. The molecule has 1 aromatic carbocycles. The summed E-state index contributed by atoms with van der Waals surface area (Å²) >= 11 is 12.0. The van der Waals surface area contributed by atoms with E-state index in [2.05, 4.69) is 15.6 Å². The number of ether oxygens (including phenoxy) is 1. The third-order valence-electron chi connectivity index (χ3n) is 3.69. The molecule has 11 heteroatoms. The summed E-state index contributed by atoms with van der Waals surface area (Å²) in [5.74, 6) is 0.632. The molecule has 0 radical (unpaired) electrons. The number of benzene rings is 1. The molecule has 0 aliphatic rings. The van der Waals surface area contributed by atoms with Gasteiger partial charge in [0, 0.05) is 31.9 Å². The lowest BCUT2D eigenvalue weighted by molar-refractivity contribution is -0.153. The van der Waals surface area contributed by atoms with E-state index >= 15 is 0 Å². The molecule has 0 fully saturated rings. The van der Waals surface area contributed by atoms with Crippen LogP contribution in [0.1, 0.15) is 11.3 Å². The quantitative estimate of drug-likeness (QED) is 0.310. The Kier molecular flexibility index (Phi) is 9.72. The fourth-order valence-corrected chi connectivity index (χ4v) is 2.70. The van der Waals surface area contributed by atoms with E-state index in [1.807, 2.05) is 0 Å². The minimum Gasteiger partial charge on any atom is -0.484 e. The lowest BCUT2D eigenvalue weighted by atomic mass is 10.2. The van der Waals surface area contributed by atoms with Gasteiger partial charge in [0.25, 0.3) is 0 Å². The van der Waals surface area contributed by atoms with Gasteiger partial charge in [-0.1, -0.05) is 41.4 Å². The molecular formula is C17H20Cl2F3IN4O. The summed E-state index contributed by atoms with van der Waals surface area (Å²) in [5, 5.41) is 7.02. The van der Waals surface area contributed by atoms with Crippen molar-refractivity contribution in [2.24, 2.45) is 12.0 Å². The van der Waals surface area contributed by atoms with Gasteiger partial charge in [0.1, 0.15) is 10.9 Å². The van der Waals surface area contributed by atoms with Gasteiger partial charge in [-0.05, 0) is 12.1 Å². The normalized spacial score (nSPS) is 11.8. The number of alkyl halides is 3. The maximum atomic E-state index is 12.4. The van der Waals surface area contributed by atoms with Crippen molar-refractivity contribution in [2.45, 2.75) is 19.3 Å². The molecule has 0 aliphatic carbocycles. The Morgan fingerprint density at radius 1 is 1.18 bits per heavy atom. The van der Waals surface area contributed by atoms with Crippen molar-refractivity contribution in [1.29, 1.82) is 0 Å². The Hall–Kier alpha value is -1.33. The predicted octanol–water partition coefficient (Wildman–Crippen LogP) is 4.76. The van der Waals surface area contributed by atoms with Crippen LogP contribution in [0.15, 0.2) is 35.3 Å². The van der Waals surface area contributed by atoms with Crippen molar-refractivity contribution in [2.75, 3.05) is 13.7 Å². The number of rotatable bonds is 6. The molecule has 0 atom stereocenters. The monoisotopic (exact) mass is 550 g/mol. The lowest BCUT2D eigenvalue weighted by Gasteiger charge is -2.15. The maximum absolute atomic E-state index is 12.4. The highest BCUT2D eigenvalue weighted by atomic mass is 127. The van der Waals surface area contributed by atoms with Crippen molar-refractivity contribution in [1.82, 2.24) is 15.2 Å². The first-order valence-corrected chi connectivity index (χ1v) is 8.68. The smallest absolute Gasteiger partial charge is 0.422 e. The topological polar surface area (TPSA) is 50.6 Å². The second-order valence-electron chi connectivity index (χ2n) is 5.62. The van der Waals surface area contributed by atoms with Crippen molar-refractivity contribution >= 4 is 53.1 Å². The molecule has 1 aromatic heterocycles. The van der Waals surface area contributed by atoms with Crippen LogP contribution < -0.4 is 15.4 Å². The maximum Gasteiger partial charge on any atom is 0.422 e. The van der Waals surface area contributed by atoms with Crippen molar-refractivity contribution in [3.8, 4) is 5.75 Å². The molecule has 0 aliphatic heterocycles. The molecule has 2 rings (SSSR count). The van der Waals surface area contributed by atoms with Crippen LogP contribution in [0.2, 0.25) is 10.2 Å². The number of hydrogen-bond acceptors (Lipinski definition) is 2. The molecule has 0 saturated carbocycles. The Morgan fingerprint density at radius 3 is 2.39 bits per heavy atom. The summed E-state index contributed by atoms with van der Waals surface area (Å²) in [7, 11) is 3.38. The standard InChI is InChI=1S/C17H19Cl2F3N4O.HI/c1-23-16(25-9-12-7-13(18)15(19)26(12)2)24-8-11-5-3-4-6-14(11)27-10-17(20,21)22;/h3-7H,8-10H2,1-2H3,(H2,23,24,25);1H. The van der Waals surface area contributed by atoms with Gasteiger partial charge in [0.2, 0.25) is 0 Å². The van der Waals surface area contributed by atoms with Gasteiger partial charge >= 0.3 is 6.18 Å². The molecule has 156 valence electrons. The van der Waals surface area contributed by atoms with E-state index in [4.69, 9.17) is 27.9 Å². The molecule has 0 bridgehead atoms. The second-order valence-corrected chi connectivity index (χ2v) is 6.39. The molecule has 0 amide bonds. The van der Waals surface area contributed by atoms with Crippen LogP contribution in [-0.2, 0) is 20.1 Å². The minimum absolute atomic E-state index is 0. The largest absolute Gasteiger partial charge is 0.484 e.